The van der Waals surface area contributed by atoms with Crippen LogP contribution in [0, 0.1) is 0 Å². The van der Waals surface area contributed by atoms with Crippen LogP contribution in [0.5, 0.6) is 0 Å². The van der Waals surface area contributed by atoms with Crippen molar-refractivity contribution in [2.75, 3.05) is 31.1 Å². The lowest BCUT2D eigenvalue weighted by Crippen LogP contribution is -2.24. The molecule has 0 amide bonds. The van der Waals surface area contributed by atoms with Crippen LogP contribution in [0.3, 0.4) is 0 Å². The molecular weight excluding hydrogens is 202 g/mol. The summed E-state index contributed by atoms with van der Waals surface area (Å²) in [7, 11) is 0. The molecule has 3 N–H and O–H groups in total. The van der Waals surface area contributed by atoms with Crippen LogP contribution in [-0.4, -0.2) is 36.3 Å². The summed E-state index contributed by atoms with van der Waals surface area (Å²) in [4.78, 5) is 6.72. The first-order chi connectivity index (χ1) is 7.86. The number of nitrogens with two attached hydrogens (primary N) is 1. The molecule has 1 saturated heterocycles. The van der Waals surface area contributed by atoms with Crippen LogP contribution in [0.4, 0.5) is 5.82 Å². The van der Waals surface area contributed by atoms with Crippen molar-refractivity contribution in [2.24, 2.45) is 5.73 Å². The topological polar surface area (TPSA) is 62.4 Å². The number of aliphatic hydroxyl groups is 1. The van der Waals surface area contributed by atoms with Crippen molar-refractivity contribution < 1.29 is 5.11 Å². The average Bonchev–Trinajstić information content (AvgIpc) is 2.85. The van der Waals surface area contributed by atoms with E-state index in [0.717, 1.165) is 24.5 Å². The molecule has 2 heterocycles. The third-order valence-electron chi connectivity index (χ3n) is 3.17. The fraction of sp³-hybridized carbons (Fsp3) is 0.583. The molecule has 1 aliphatic heterocycles. The smallest absolute Gasteiger partial charge is 0.132 e. The summed E-state index contributed by atoms with van der Waals surface area (Å²) in [5.41, 5.74) is 6.75. The van der Waals surface area contributed by atoms with Gasteiger partial charge in [-0.2, -0.15) is 0 Å². The number of anilines is 1. The molecule has 1 atom stereocenters. The number of hydrogen-bond acceptors (Lipinski definition) is 4. The minimum absolute atomic E-state index is 0.00398. The summed E-state index contributed by atoms with van der Waals surface area (Å²) in [6.07, 6.45) is 4.26. The summed E-state index contributed by atoms with van der Waals surface area (Å²) in [6.45, 7) is 2.67. The molecule has 1 aromatic heterocycles. The van der Waals surface area contributed by atoms with Gasteiger partial charge < -0.3 is 15.7 Å². The Morgan fingerprint density at radius 3 is 2.81 bits per heavy atom. The normalized spacial score (nSPS) is 17.8. The molecule has 1 aliphatic rings. The van der Waals surface area contributed by atoms with Crippen molar-refractivity contribution in [1.29, 1.82) is 0 Å². The number of aromatic nitrogens is 1. The van der Waals surface area contributed by atoms with E-state index in [1.54, 1.807) is 0 Å². The Kier molecular flexibility index (Phi) is 3.74. The van der Waals surface area contributed by atoms with Crippen LogP contribution in [0.1, 0.15) is 24.3 Å². The third-order valence-corrected chi connectivity index (χ3v) is 3.17. The van der Waals surface area contributed by atoms with Crippen LogP contribution < -0.4 is 10.6 Å². The van der Waals surface area contributed by atoms with E-state index in [2.05, 4.69) is 9.88 Å². The van der Waals surface area contributed by atoms with E-state index < -0.39 is 0 Å². The van der Waals surface area contributed by atoms with Gasteiger partial charge in [-0.25, -0.2) is 4.98 Å². The van der Waals surface area contributed by atoms with Crippen LogP contribution in [-0.2, 0) is 0 Å². The number of hydrogen-bond donors (Lipinski definition) is 2. The number of nitrogens with zero attached hydrogens (tertiary/aromatic N) is 2. The van der Waals surface area contributed by atoms with E-state index >= 15 is 0 Å². The SMILES string of the molecule is NCC(CO)c1cccnc1N1CCCC1. The lowest BCUT2D eigenvalue weighted by atomic mass is 10.0. The second-order valence-corrected chi connectivity index (χ2v) is 4.23. The van der Waals surface area contributed by atoms with Crippen molar-refractivity contribution >= 4 is 5.82 Å². The third kappa shape index (κ3) is 2.18. The van der Waals surface area contributed by atoms with E-state index in [9.17, 15) is 5.11 Å². The second kappa shape index (κ2) is 5.27. The summed E-state index contributed by atoms with van der Waals surface area (Å²) in [5.74, 6) is 1.01. The van der Waals surface area contributed by atoms with Crippen LogP contribution >= 0.6 is 0 Å². The van der Waals surface area contributed by atoms with Gasteiger partial charge in [0, 0.05) is 37.3 Å². The summed E-state index contributed by atoms with van der Waals surface area (Å²) in [6, 6.07) is 3.93. The van der Waals surface area contributed by atoms with Gasteiger partial charge in [-0.3, -0.25) is 0 Å². The molecule has 0 aromatic carbocycles. The molecule has 2 rings (SSSR count). The van der Waals surface area contributed by atoms with Crippen LogP contribution in [0.25, 0.3) is 0 Å². The molecule has 4 nitrogen and oxygen atoms in total. The van der Waals surface area contributed by atoms with Crippen molar-refractivity contribution in [2.45, 2.75) is 18.8 Å². The first-order valence-electron chi connectivity index (χ1n) is 5.87. The summed E-state index contributed by atoms with van der Waals surface area (Å²) < 4.78 is 0. The van der Waals surface area contributed by atoms with Gasteiger partial charge in [0.1, 0.15) is 5.82 Å². The first kappa shape index (κ1) is 11.4. The number of aliphatic hydroxyl groups excluding tert-OH is 1. The molecule has 16 heavy (non-hydrogen) atoms. The molecule has 0 saturated carbocycles. The largest absolute Gasteiger partial charge is 0.396 e. The Bertz CT molecular complexity index is 312. The highest BCUT2D eigenvalue weighted by molar-refractivity contribution is 5.49. The molecule has 0 aliphatic carbocycles. The van der Waals surface area contributed by atoms with Crippen molar-refractivity contribution in [3.8, 4) is 0 Å². The average molecular weight is 221 g/mol. The molecule has 1 unspecified atom stereocenters. The fourth-order valence-corrected chi connectivity index (χ4v) is 2.22. The van der Waals surface area contributed by atoms with Gasteiger partial charge >= 0.3 is 0 Å². The monoisotopic (exact) mass is 221 g/mol. The van der Waals surface area contributed by atoms with Gasteiger partial charge in [0.15, 0.2) is 0 Å². The molecule has 1 aromatic rings. The van der Waals surface area contributed by atoms with Gasteiger partial charge in [-0.15, -0.1) is 0 Å². The first-order valence-corrected chi connectivity index (χ1v) is 5.87. The van der Waals surface area contributed by atoms with Gasteiger partial charge in [0.25, 0.3) is 0 Å². The van der Waals surface area contributed by atoms with Gasteiger partial charge in [-0.1, -0.05) is 6.07 Å². The standard InChI is InChI=1S/C12H19N3O/c13-8-10(9-16)11-4-3-5-14-12(11)15-6-1-2-7-15/h3-5,10,16H,1-2,6-9,13H2. The van der Waals surface area contributed by atoms with Crippen LogP contribution in [0.15, 0.2) is 18.3 Å². The predicted molar refractivity (Wildman–Crippen MR) is 64.6 cm³/mol. The number of rotatable bonds is 4. The maximum atomic E-state index is 9.32. The zero-order valence-corrected chi connectivity index (χ0v) is 9.47. The highest BCUT2D eigenvalue weighted by Crippen LogP contribution is 2.27. The van der Waals surface area contributed by atoms with Crippen molar-refractivity contribution in [3.63, 3.8) is 0 Å². The highest BCUT2D eigenvalue weighted by Gasteiger charge is 2.20. The predicted octanol–water partition coefficient (Wildman–Crippen LogP) is 0.716. The Morgan fingerprint density at radius 1 is 1.44 bits per heavy atom. The quantitative estimate of drug-likeness (QED) is 0.786. The molecule has 1 fully saturated rings. The fourth-order valence-electron chi connectivity index (χ4n) is 2.22. The Labute approximate surface area is 96.1 Å². The van der Waals surface area contributed by atoms with Gasteiger partial charge in [-0.05, 0) is 18.9 Å². The minimum Gasteiger partial charge on any atom is -0.396 e. The second-order valence-electron chi connectivity index (χ2n) is 4.23. The minimum atomic E-state index is 0.00398. The zero-order chi connectivity index (χ0) is 11.4. The Hall–Kier alpha value is -1.13. The van der Waals surface area contributed by atoms with Crippen molar-refractivity contribution in [1.82, 2.24) is 4.98 Å². The molecule has 0 radical (unpaired) electrons. The molecule has 0 spiro atoms. The summed E-state index contributed by atoms with van der Waals surface area (Å²) in [5, 5.41) is 9.32. The van der Waals surface area contributed by atoms with E-state index in [-0.39, 0.29) is 12.5 Å². The Balaban J connectivity index is 2.28. The van der Waals surface area contributed by atoms with Crippen molar-refractivity contribution in [3.05, 3.63) is 23.9 Å². The lowest BCUT2D eigenvalue weighted by Gasteiger charge is -2.23. The molecule has 88 valence electrons. The molecular formula is C12H19N3O. The van der Waals surface area contributed by atoms with Gasteiger partial charge in [0.2, 0.25) is 0 Å². The number of pyridine rings is 1. The summed E-state index contributed by atoms with van der Waals surface area (Å²) >= 11 is 0. The van der Waals surface area contributed by atoms with Gasteiger partial charge in [0.05, 0.1) is 6.61 Å². The maximum absolute atomic E-state index is 9.32. The van der Waals surface area contributed by atoms with E-state index in [4.69, 9.17) is 5.73 Å². The zero-order valence-electron chi connectivity index (χ0n) is 9.47. The maximum Gasteiger partial charge on any atom is 0.132 e. The molecule has 0 bridgehead atoms. The highest BCUT2D eigenvalue weighted by atomic mass is 16.3. The molecule has 4 heteroatoms. The van der Waals surface area contributed by atoms with E-state index in [0.29, 0.717) is 6.54 Å². The Morgan fingerprint density at radius 2 is 2.19 bits per heavy atom. The van der Waals surface area contributed by atoms with Crippen LogP contribution in [0.2, 0.25) is 0 Å². The van der Waals surface area contributed by atoms with E-state index in [1.807, 2.05) is 18.3 Å². The lowest BCUT2D eigenvalue weighted by molar-refractivity contribution is 0.268. The van der Waals surface area contributed by atoms with E-state index in [1.165, 1.54) is 12.8 Å².